The minimum Gasteiger partial charge on any atom is -0.446 e. The molecule has 4 atom stereocenters. The van der Waals surface area contributed by atoms with Gasteiger partial charge in [-0.25, -0.2) is 9.79 Å². The van der Waals surface area contributed by atoms with Gasteiger partial charge in [0.25, 0.3) is 0 Å². The summed E-state index contributed by atoms with van der Waals surface area (Å²) < 4.78 is 5.51. The number of aromatic amines is 1. The average molecular weight is 412 g/mol. The van der Waals surface area contributed by atoms with Crippen LogP contribution in [0.2, 0.25) is 0 Å². The fraction of sp³-hybridized carbons (Fsp3) is 0.579. The predicted octanol–water partition coefficient (Wildman–Crippen LogP) is 1.52. The number of aliphatic imine (C=N–C) groups is 1. The number of H-pyrrole nitrogens is 1. The molecule has 4 N–H and O–H groups in total. The van der Waals surface area contributed by atoms with Crippen molar-refractivity contribution in [1.29, 1.82) is 0 Å². The molecule has 2 aliphatic heterocycles. The number of ether oxygens (including phenoxy) is 1. The largest absolute Gasteiger partial charge is 0.446 e. The molecule has 4 rings (SSSR count). The van der Waals surface area contributed by atoms with Gasteiger partial charge in [-0.05, 0) is 40.0 Å². The molecule has 1 radical (unpaired) electrons. The number of aliphatic hydroxyl groups excluding tert-OH is 1. The first-order valence-corrected chi connectivity index (χ1v) is 10.3. The number of carbonyl (C=O) groups is 1. The Morgan fingerprint density at radius 3 is 3.00 bits per heavy atom. The summed E-state index contributed by atoms with van der Waals surface area (Å²) in [7, 11) is 1.88. The number of alkyl carbamates (subject to hydrolysis) is 1. The molecule has 1 aromatic rings. The monoisotopic (exact) mass is 412 g/mol. The molecule has 1 amide bonds. The summed E-state index contributed by atoms with van der Waals surface area (Å²) in [6, 6.07) is 2.03. The fourth-order valence-corrected chi connectivity index (χ4v) is 3.88. The van der Waals surface area contributed by atoms with E-state index in [4.69, 9.17) is 4.74 Å². The Labute approximate surface area is 176 Å². The van der Waals surface area contributed by atoms with Crippen LogP contribution in [0.3, 0.4) is 0 Å². The number of carbonyl (C=O) groups excluding carboxylic acids is 1. The van der Waals surface area contributed by atoms with Crippen LogP contribution in [-0.4, -0.2) is 69.3 Å². The lowest BCUT2D eigenvalue weighted by Crippen LogP contribution is -2.43. The summed E-state index contributed by atoms with van der Waals surface area (Å²) in [4.78, 5) is 16.2. The summed E-state index contributed by atoms with van der Waals surface area (Å²) in [6.45, 7) is 5.50. The highest BCUT2D eigenvalue weighted by Gasteiger charge is 2.35. The van der Waals surface area contributed by atoms with Crippen molar-refractivity contribution in [2.45, 2.75) is 70.1 Å². The third kappa shape index (κ3) is 4.50. The van der Waals surface area contributed by atoms with Gasteiger partial charge in [-0.2, -0.15) is 10.2 Å². The molecule has 3 heterocycles. The van der Waals surface area contributed by atoms with Gasteiger partial charge in [0.15, 0.2) is 5.82 Å². The number of amidine groups is 1. The Balaban J connectivity index is 1.34. The molecular weight excluding hydrogens is 385 g/mol. The quantitative estimate of drug-likeness (QED) is 0.543. The normalized spacial score (nSPS) is 26.0. The lowest BCUT2D eigenvalue weighted by atomic mass is 9.63. The second-order valence-corrected chi connectivity index (χ2v) is 8.17. The highest BCUT2D eigenvalue weighted by atomic mass is 16.6. The molecule has 0 aromatic carbocycles. The summed E-state index contributed by atoms with van der Waals surface area (Å²) >= 11 is 0. The summed E-state index contributed by atoms with van der Waals surface area (Å²) in [6.07, 6.45) is 4.89. The smallest absolute Gasteiger partial charge is 0.407 e. The predicted molar refractivity (Wildman–Crippen MR) is 114 cm³/mol. The molecule has 10 nitrogen and oxygen atoms in total. The molecule has 30 heavy (non-hydrogen) atoms. The van der Waals surface area contributed by atoms with Crippen molar-refractivity contribution in [3.63, 3.8) is 0 Å². The van der Waals surface area contributed by atoms with Gasteiger partial charge in [0.2, 0.25) is 7.28 Å². The van der Waals surface area contributed by atoms with E-state index in [1.54, 1.807) is 24.3 Å². The van der Waals surface area contributed by atoms with Crippen molar-refractivity contribution < 1.29 is 14.6 Å². The van der Waals surface area contributed by atoms with Crippen LogP contribution in [0.15, 0.2) is 28.6 Å². The van der Waals surface area contributed by atoms with Gasteiger partial charge in [0, 0.05) is 41.7 Å². The van der Waals surface area contributed by atoms with E-state index >= 15 is 0 Å². The number of aliphatic hydroxyl groups is 1. The van der Waals surface area contributed by atoms with Crippen molar-refractivity contribution in [3.05, 3.63) is 24.2 Å². The standard InChI is InChI=1S/C19H27BN7O3/c1-10(2)22-19(29)30-13-5-4-12(8-13)14-9-15(25-24-14)23-18-17-20-16(11(3)28)26-27(17)7-6-21-18/h6-7,9-13,17,28H,4-5,8H2,1-3H3,(H,22,29)(H2,21,23,24,25)/t11-,12-,13+,17?/m0/s1. The Hall–Kier alpha value is -2.82. The van der Waals surface area contributed by atoms with Gasteiger partial charge in [-0.3, -0.25) is 10.1 Å². The number of hydrogen-bond donors (Lipinski definition) is 4. The van der Waals surface area contributed by atoms with Crippen LogP contribution >= 0.6 is 0 Å². The number of amides is 1. The first-order valence-electron chi connectivity index (χ1n) is 10.3. The van der Waals surface area contributed by atoms with E-state index in [1.807, 2.05) is 27.2 Å². The van der Waals surface area contributed by atoms with Crippen LogP contribution in [0, 0.1) is 0 Å². The topological polar surface area (TPSA) is 127 Å². The molecule has 1 unspecified atom stereocenters. The molecule has 1 fully saturated rings. The maximum Gasteiger partial charge on any atom is 0.407 e. The third-order valence-corrected chi connectivity index (χ3v) is 5.34. The maximum atomic E-state index is 11.8. The zero-order valence-corrected chi connectivity index (χ0v) is 17.4. The first kappa shape index (κ1) is 20.5. The molecule has 1 aliphatic carbocycles. The lowest BCUT2D eigenvalue weighted by molar-refractivity contribution is 0.0981. The second kappa shape index (κ2) is 8.51. The molecule has 159 valence electrons. The summed E-state index contributed by atoms with van der Waals surface area (Å²) in [5.74, 6) is 1.43. The zero-order chi connectivity index (χ0) is 21.3. The number of hydrazone groups is 1. The number of anilines is 1. The van der Waals surface area contributed by atoms with E-state index in [0.717, 1.165) is 25.0 Å². The van der Waals surface area contributed by atoms with Crippen LogP contribution < -0.4 is 10.6 Å². The molecule has 1 aromatic heterocycles. The highest BCUT2D eigenvalue weighted by Crippen LogP contribution is 2.36. The highest BCUT2D eigenvalue weighted by molar-refractivity contribution is 6.81. The maximum absolute atomic E-state index is 11.8. The van der Waals surface area contributed by atoms with E-state index in [2.05, 4.69) is 30.9 Å². The fourth-order valence-electron chi connectivity index (χ4n) is 3.88. The summed E-state index contributed by atoms with van der Waals surface area (Å²) in [5, 5.41) is 29.4. The van der Waals surface area contributed by atoms with Crippen LogP contribution in [0.1, 0.15) is 51.6 Å². The van der Waals surface area contributed by atoms with Crippen molar-refractivity contribution in [1.82, 2.24) is 20.5 Å². The Kier molecular flexibility index (Phi) is 5.80. The molecule has 0 saturated heterocycles. The molecule has 11 heteroatoms. The van der Waals surface area contributed by atoms with Crippen molar-refractivity contribution in [3.8, 4) is 0 Å². The van der Waals surface area contributed by atoms with Crippen molar-refractivity contribution >= 4 is 30.6 Å². The average Bonchev–Trinajstić information content (AvgIpc) is 3.39. The van der Waals surface area contributed by atoms with Gasteiger partial charge in [0.05, 0.1) is 12.0 Å². The Bertz CT molecular complexity index is 879. The van der Waals surface area contributed by atoms with Gasteiger partial charge < -0.3 is 20.5 Å². The zero-order valence-electron chi connectivity index (χ0n) is 17.4. The lowest BCUT2D eigenvalue weighted by Gasteiger charge is -2.24. The van der Waals surface area contributed by atoms with E-state index < -0.39 is 6.10 Å². The second-order valence-electron chi connectivity index (χ2n) is 8.17. The van der Waals surface area contributed by atoms with Crippen molar-refractivity contribution in [2.24, 2.45) is 10.1 Å². The van der Waals surface area contributed by atoms with Crippen LogP contribution in [0.4, 0.5) is 10.6 Å². The molecule has 0 spiro atoms. The van der Waals surface area contributed by atoms with Gasteiger partial charge in [-0.15, -0.1) is 0 Å². The van der Waals surface area contributed by atoms with Gasteiger partial charge in [-0.1, -0.05) is 0 Å². The third-order valence-electron chi connectivity index (χ3n) is 5.34. The minimum absolute atomic E-state index is 0.0589. The van der Waals surface area contributed by atoms with E-state index in [9.17, 15) is 9.90 Å². The number of hydrogen-bond acceptors (Lipinski definition) is 8. The number of aromatic nitrogens is 2. The van der Waals surface area contributed by atoms with E-state index in [1.165, 1.54) is 0 Å². The van der Waals surface area contributed by atoms with E-state index in [-0.39, 0.29) is 30.1 Å². The number of nitrogens with zero attached hydrogens (tertiary/aromatic N) is 4. The van der Waals surface area contributed by atoms with Gasteiger partial charge in [0.1, 0.15) is 11.9 Å². The van der Waals surface area contributed by atoms with Crippen LogP contribution in [-0.2, 0) is 4.74 Å². The van der Waals surface area contributed by atoms with Crippen molar-refractivity contribution in [2.75, 3.05) is 5.32 Å². The molecule has 3 aliphatic rings. The Morgan fingerprint density at radius 1 is 1.40 bits per heavy atom. The number of nitrogens with one attached hydrogen (secondary N) is 3. The molecule has 0 bridgehead atoms. The first-order chi connectivity index (χ1) is 14.4. The Morgan fingerprint density at radius 2 is 2.23 bits per heavy atom. The minimum atomic E-state index is -0.637. The molecular formula is C19H27BN7O3. The van der Waals surface area contributed by atoms with Crippen LogP contribution in [0.5, 0.6) is 0 Å². The summed E-state index contributed by atoms with van der Waals surface area (Å²) in [5.41, 5.74) is 1.62. The SMILES string of the molecule is CC(C)NC(=O)O[C@@H]1CC[C@H](c2cc(NC3=NC=CN4N=C([C@H](C)O)[B]C34)n[nH]2)C1. The van der Waals surface area contributed by atoms with Gasteiger partial charge >= 0.3 is 6.09 Å². The number of fused-ring (bicyclic) bond motifs is 1. The van der Waals surface area contributed by atoms with E-state index in [0.29, 0.717) is 17.3 Å². The van der Waals surface area contributed by atoms with Crippen LogP contribution in [0.25, 0.3) is 0 Å². The number of rotatable bonds is 5. The molecule has 1 saturated carbocycles.